The molecule has 0 spiro atoms. The fourth-order valence-corrected chi connectivity index (χ4v) is 3.80. The second-order valence-corrected chi connectivity index (χ2v) is 7.27. The van der Waals surface area contributed by atoms with Gasteiger partial charge in [-0.2, -0.15) is 5.26 Å². The average molecular weight is 346 g/mol. The number of halogens is 1. The van der Waals surface area contributed by atoms with Gasteiger partial charge in [-0.1, -0.05) is 36.6 Å². The van der Waals surface area contributed by atoms with Crippen LogP contribution in [0.1, 0.15) is 30.6 Å². The van der Waals surface area contributed by atoms with Crippen molar-refractivity contribution in [1.82, 2.24) is 10.3 Å². The van der Waals surface area contributed by atoms with Gasteiger partial charge in [0, 0.05) is 21.7 Å². The summed E-state index contributed by atoms with van der Waals surface area (Å²) in [7, 11) is 0. The van der Waals surface area contributed by atoms with E-state index in [9.17, 15) is 10.1 Å². The molecule has 0 unspecified atom stereocenters. The molecule has 1 amide bonds. The van der Waals surface area contributed by atoms with Crippen molar-refractivity contribution in [3.05, 3.63) is 40.4 Å². The van der Waals surface area contributed by atoms with Crippen molar-refractivity contribution in [1.29, 1.82) is 5.26 Å². The molecule has 0 bridgehead atoms. The first-order valence-electron chi connectivity index (χ1n) is 7.53. The summed E-state index contributed by atoms with van der Waals surface area (Å²) >= 11 is 7.42. The molecule has 6 heteroatoms. The third-order valence-electron chi connectivity index (χ3n) is 4.17. The number of nitrogens with zero attached hydrogens (tertiary/aromatic N) is 2. The molecule has 1 saturated carbocycles. The van der Waals surface area contributed by atoms with Gasteiger partial charge in [-0.15, -0.1) is 11.3 Å². The monoisotopic (exact) mass is 345 g/mol. The van der Waals surface area contributed by atoms with E-state index in [2.05, 4.69) is 16.4 Å². The van der Waals surface area contributed by atoms with E-state index < -0.39 is 5.41 Å². The minimum absolute atomic E-state index is 0.154. The summed E-state index contributed by atoms with van der Waals surface area (Å²) in [6.45, 7) is 0.410. The zero-order valence-electron chi connectivity index (χ0n) is 12.5. The SMILES string of the molecule is N#CC1(C(=O)NCc2cnc(-c3ccc(Cl)cc3)s2)CCCC1. The number of hydrogen-bond acceptors (Lipinski definition) is 4. The molecule has 0 atom stereocenters. The van der Waals surface area contributed by atoms with Gasteiger partial charge < -0.3 is 5.32 Å². The summed E-state index contributed by atoms with van der Waals surface area (Å²) < 4.78 is 0. The maximum atomic E-state index is 12.3. The Hall–Kier alpha value is -1.90. The Morgan fingerprint density at radius 3 is 2.70 bits per heavy atom. The summed E-state index contributed by atoms with van der Waals surface area (Å²) in [6, 6.07) is 9.72. The topological polar surface area (TPSA) is 65.8 Å². The quantitative estimate of drug-likeness (QED) is 0.904. The number of amides is 1. The molecule has 2 aromatic rings. The predicted molar refractivity (Wildman–Crippen MR) is 90.9 cm³/mol. The second kappa shape index (κ2) is 6.69. The van der Waals surface area contributed by atoms with Gasteiger partial charge in [-0.25, -0.2) is 4.98 Å². The zero-order chi connectivity index (χ0) is 16.3. The number of nitrogens with one attached hydrogen (secondary N) is 1. The highest BCUT2D eigenvalue weighted by atomic mass is 35.5. The van der Waals surface area contributed by atoms with Crippen LogP contribution < -0.4 is 5.32 Å². The van der Waals surface area contributed by atoms with Gasteiger partial charge in [0.1, 0.15) is 10.4 Å². The van der Waals surface area contributed by atoms with E-state index in [-0.39, 0.29) is 5.91 Å². The Balaban J connectivity index is 1.64. The number of hydrogen-bond donors (Lipinski definition) is 1. The van der Waals surface area contributed by atoms with E-state index in [4.69, 9.17) is 11.6 Å². The fourth-order valence-electron chi connectivity index (χ4n) is 2.82. The van der Waals surface area contributed by atoms with Gasteiger partial charge >= 0.3 is 0 Å². The van der Waals surface area contributed by atoms with Crippen molar-refractivity contribution in [2.24, 2.45) is 5.41 Å². The Morgan fingerprint density at radius 1 is 1.35 bits per heavy atom. The van der Waals surface area contributed by atoms with Crippen molar-refractivity contribution < 1.29 is 4.79 Å². The summed E-state index contributed by atoms with van der Waals surface area (Å²) in [6.07, 6.45) is 4.98. The first-order valence-corrected chi connectivity index (χ1v) is 8.73. The number of benzene rings is 1. The van der Waals surface area contributed by atoms with Gasteiger partial charge in [0.25, 0.3) is 0 Å². The lowest BCUT2D eigenvalue weighted by molar-refractivity contribution is -0.128. The zero-order valence-corrected chi connectivity index (χ0v) is 14.1. The molecule has 1 aromatic carbocycles. The van der Waals surface area contributed by atoms with Crippen LogP contribution in [0.5, 0.6) is 0 Å². The van der Waals surface area contributed by atoms with Crippen LogP contribution in [0.4, 0.5) is 0 Å². The van der Waals surface area contributed by atoms with Gasteiger partial charge in [-0.3, -0.25) is 4.79 Å². The minimum atomic E-state index is -0.830. The number of carbonyl (C=O) groups is 1. The number of thiazole rings is 1. The normalized spacial score (nSPS) is 16.0. The van der Waals surface area contributed by atoms with Gasteiger partial charge in [0.05, 0.1) is 12.6 Å². The molecule has 1 aliphatic rings. The van der Waals surface area contributed by atoms with E-state index in [1.165, 1.54) is 11.3 Å². The standard InChI is InChI=1S/C17H16ClN3OS/c18-13-5-3-12(4-6-13)15-20-9-14(23-15)10-21-16(22)17(11-19)7-1-2-8-17/h3-6,9H,1-2,7-8,10H2,(H,21,22). The Labute approximate surface area is 144 Å². The first-order chi connectivity index (χ1) is 11.1. The molecule has 0 saturated heterocycles. The molecule has 1 fully saturated rings. The van der Waals surface area contributed by atoms with Crippen LogP contribution in [0, 0.1) is 16.7 Å². The lowest BCUT2D eigenvalue weighted by Crippen LogP contribution is -2.37. The maximum Gasteiger partial charge on any atom is 0.240 e. The van der Waals surface area contributed by atoms with E-state index in [1.54, 1.807) is 6.20 Å². The fraction of sp³-hybridized carbons (Fsp3) is 0.353. The second-order valence-electron chi connectivity index (χ2n) is 5.72. The third kappa shape index (κ3) is 3.39. The first kappa shape index (κ1) is 16.0. The molecule has 4 nitrogen and oxygen atoms in total. The summed E-state index contributed by atoms with van der Waals surface area (Å²) in [5, 5.41) is 13.8. The van der Waals surface area contributed by atoms with E-state index >= 15 is 0 Å². The van der Waals surface area contributed by atoms with Crippen LogP contribution in [0.2, 0.25) is 5.02 Å². The highest BCUT2D eigenvalue weighted by Crippen LogP contribution is 2.37. The predicted octanol–water partition coefficient (Wildman–Crippen LogP) is 4.16. The molecule has 0 radical (unpaired) electrons. The Bertz CT molecular complexity index is 742. The maximum absolute atomic E-state index is 12.3. The molecule has 23 heavy (non-hydrogen) atoms. The number of nitriles is 1. The number of aromatic nitrogens is 1. The molecule has 1 N–H and O–H groups in total. The molecular formula is C17H16ClN3OS. The van der Waals surface area contributed by atoms with E-state index in [0.29, 0.717) is 24.4 Å². The van der Waals surface area contributed by atoms with Crippen molar-refractivity contribution in [2.75, 3.05) is 0 Å². The number of carbonyl (C=O) groups excluding carboxylic acids is 1. The Morgan fingerprint density at radius 2 is 2.04 bits per heavy atom. The molecule has 3 rings (SSSR count). The highest BCUT2D eigenvalue weighted by molar-refractivity contribution is 7.15. The summed E-state index contributed by atoms with van der Waals surface area (Å²) in [4.78, 5) is 17.7. The molecule has 0 aliphatic heterocycles. The van der Waals surface area contributed by atoms with Crippen molar-refractivity contribution in [3.63, 3.8) is 0 Å². The lowest BCUT2D eigenvalue weighted by Gasteiger charge is -2.18. The average Bonchev–Trinajstić information content (AvgIpc) is 3.23. The molecule has 1 aromatic heterocycles. The van der Waals surface area contributed by atoms with E-state index in [0.717, 1.165) is 28.3 Å². The third-order valence-corrected chi connectivity index (χ3v) is 5.47. The summed E-state index contributed by atoms with van der Waals surface area (Å²) in [5.41, 5.74) is 0.172. The van der Waals surface area contributed by atoms with E-state index in [1.807, 2.05) is 24.3 Å². The van der Waals surface area contributed by atoms with Crippen LogP contribution >= 0.6 is 22.9 Å². The van der Waals surface area contributed by atoms with Crippen LogP contribution in [-0.2, 0) is 11.3 Å². The van der Waals surface area contributed by atoms with Crippen molar-refractivity contribution >= 4 is 28.8 Å². The minimum Gasteiger partial charge on any atom is -0.350 e. The van der Waals surface area contributed by atoms with Gasteiger partial charge in [0.2, 0.25) is 5.91 Å². The molecular weight excluding hydrogens is 330 g/mol. The van der Waals surface area contributed by atoms with Crippen molar-refractivity contribution in [3.8, 4) is 16.6 Å². The Kier molecular flexibility index (Phi) is 4.65. The van der Waals surface area contributed by atoms with Gasteiger partial charge in [0.15, 0.2) is 0 Å². The van der Waals surface area contributed by atoms with Crippen LogP contribution in [0.3, 0.4) is 0 Å². The largest absolute Gasteiger partial charge is 0.350 e. The molecule has 118 valence electrons. The lowest BCUT2D eigenvalue weighted by atomic mass is 9.87. The molecule has 1 heterocycles. The smallest absolute Gasteiger partial charge is 0.240 e. The highest BCUT2D eigenvalue weighted by Gasteiger charge is 2.41. The van der Waals surface area contributed by atoms with Crippen LogP contribution in [0.25, 0.3) is 10.6 Å². The van der Waals surface area contributed by atoms with Gasteiger partial charge in [-0.05, 0) is 25.0 Å². The molecule has 1 aliphatic carbocycles. The summed E-state index contributed by atoms with van der Waals surface area (Å²) in [5.74, 6) is -0.154. The van der Waals surface area contributed by atoms with Crippen LogP contribution in [-0.4, -0.2) is 10.9 Å². The number of rotatable bonds is 4. The van der Waals surface area contributed by atoms with Crippen LogP contribution in [0.15, 0.2) is 30.5 Å². The van der Waals surface area contributed by atoms with Crippen molar-refractivity contribution in [2.45, 2.75) is 32.2 Å².